The summed E-state index contributed by atoms with van der Waals surface area (Å²) < 4.78 is 32.2. The number of hydrogen-bond acceptors (Lipinski definition) is 5. The lowest BCUT2D eigenvalue weighted by Crippen LogP contribution is -2.48. The number of hydrogen-bond donors (Lipinski definition) is 0. The number of piperazine rings is 1. The van der Waals surface area contributed by atoms with Crippen molar-refractivity contribution in [3.63, 3.8) is 0 Å². The van der Waals surface area contributed by atoms with Gasteiger partial charge in [0, 0.05) is 44.8 Å². The third-order valence-electron chi connectivity index (χ3n) is 4.44. The van der Waals surface area contributed by atoms with Crippen LogP contribution in [0.1, 0.15) is 10.4 Å². The van der Waals surface area contributed by atoms with Gasteiger partial charge in [-0.05, 0) is 18.2 Å². The monoisotopic (exact) mass is 367 g/mol. The van der Waals surface area contributed by atoms with Gasteiger partial charge in [0.15, 0.2) is 0 Å². The average Bonchev–Trinajstić information content (AvgIpc) is 2.68. The van der Waals surface area contributed by atoms with Gasteiger partial charge in [-0.25, -0.2) is 8.42 Å². The second kappa shape index (κ2) is 7.51. The van der Waals surface area contributed by atoms with E-state index in [1.165, 1.54) is 16.4 Å². The Morgan fingerprint density at radius 3 is 2.36 bits per heavy atom. The summed E-state index contributed by atoms with van der Waals surface area (Å²) in [4.78, 5) is 26.6. The fourth-order valence-electron chi connectivity index (χ4n) is 2.94. The van der Waals surface area contributed by atoms with Crippen molar-refractivity contribution < 1.29 is 22.7 Å². The molecule has 2 aliphatic heterocycles. The summed E-state index contributed by atoms with van der Waals surface area (Å²) in [6, 6.07) is 6.14. The van der Waals surface area contributed by atoms with Gasteiger partial charge in [0.25, 0.3) is 5.91 Å². The molecule has 0 atom stereocenters. The van der Waals surface area contributed by atoms with Crippen LogP contribution < -0.4 is 0 Å². The maximum atomic E-state index is 12.8. The van der Waals surface area contributed by atoms with E-state index in [1.807, 2.05) is 0 Å². The van der Waals surface area contributed by atoms with Gasteiger partial charge in [0.2, 0.25) is 16.4 Å². The van der Waals surface area contributed by atoms with Crippen LogP contribution in [-0.2, 0) is 19.6 Å². The number of carbonyl (C=O) groups is 2. The van der Waals surface area contributed by atoms with Gasteiger partial charge in [-0.2, -0.15) is 4.31 Å². The van der Waals surface area contributed by atoms with Crippen LogP contribution in [0.25, 0.3) is 0 Å². The highest BCUT2D eigenvalue weighted by Gasteiger charge is 2.29. The van der Waals surface area contributed by atoms with Crippen LogP contribution >= 0.6 is 0 Å². The van der Waals surface area contributed by atoms with Crippen LogP contribution in [0.5, 0.6) is 0 Å². The summed E-state index contributed by atoms with van der Waals surface area (Å²) in [7, 11) is -3.69. The number of benzene rings is 1. The number of rotatable bonds is 4. The van der Waals surface area contributed by atoms with Crippen molar-refractivity contribution in [2.75, 3.05) is 52.5 Å². The number of morpholine rings is 1. The number of amides is 2. The first kappa shape index (κ1) is 17.8. The minimum atomic E-state index is -3.69. The fraction of sp³-hybridized carbons (Fsp3) is 0.500. The molecule has 9 heteroatoms. The molecule has 0 spiro atoms. The van der Waals surface area contributed by atoms with Gasteiger partial charge in [-0.15, -0.1) is 0 Å². The van der Waals surface area contributed by atoms with Crippen molar-refractivity contribution in [3.05, 3.63) is 29.8 Å². The normalized spacial score (nSPS) is 19.7. The van der Waals surface area contributed by atoms with Crippen molar-refractivity contribution in [2.24, 2.45) is 0 Å². The molecule has 0 bridgehead atoms. The van der Waals surface area contributed by atoms with Crippen LogP contribution in [0.4, 0.5) is 0 Å². The zero-order valence-corrected chi connectivity index (χ0v) is 14.7. The van der Waals surface area contributed by atoms with Crippen molar-refractivity contribution in [1.29, 1.82) is 0 Å². The van der Waals surface area contributed by atoms with Crippen LogP contribution in [0, 0.1) is 0 Å². The molecule has 0 aliphatic carbocycles. The average molecular weight is 367 g/mol. The molecule has 0 saturated carbocycles. The highest BCUT2D eigenvalue weighted by atomic mass is 32.2. The molecule has 2 saturated heterocycles. The molecule has 0 aromatic heterocycles. The maximum absolute atomic E-state index is 12.8. The van der Waals surface area contributed by atoms with Gasteiger partial charge < -0.3 is 14.5 Å². The van der Waals surface area contributed by atoms with Gasteiger partial charge >= 0.3 is 0 Å². The number of sulfonamides is 1. The van der Waals surface area contributed by atoms with Gasteiger partial charge in [0.05, 0.1) is 18.1 Å². The lowest BCUT2D eigenvalue weighted by atomic mass is 10.2. The summed E-state index contributed by atoms with van der Waals surface area (Å²) in [6.07, 6.45) is 0.728. The highest BCUT2D eigenvalue weighted by molar-refractivity contribution is 7.89. The van der Waals surface area contributed by atoms with E-state index in [0.29, 0.717) is 45.0 Å². The van der Waals surface area contributed by atoms with Crippen LogP contribution in [0.3, 0.4) is 0 Å². The minimum absolute atomic E-state index is 0.103. The molecule has 2 amide bonds. The van der Waals surface area contributed by atoms with E-state index in [1.54, 1.807) is 21.9 Å². The molecule has 2 fully saturated rings. The summed E-state index contributed by atoms with van der Waals surface area (Å²) in [5.41, 5.74) is 0.356. The van der Waals surface area contributed by atoms with Crippen molar-refractivity contribution in [1.82, 2.24) is 14.1 Å². The third kappa shape index (κ3) is 3.83. The lowest BCUT2D eigenvalue weighted by molar-refractivity contribution is -0.119. The second-order valence-electron chi connectivity index (χ2n) is 5.98. The standard InChI is InChI=1S/C16H21N3O5S/c20-13-17-4-6-19(7-5-17)25(22,23)15-3-1-2-14(12-15)16(21)18-8-10-24-11-9-18/h1-3,12-13H,4-11H2. The van der Waals surface area contributed by atoms with E-state index in [4.69, 9.17) is 4.74 Å². The number of nitrogens with zero attached hydrogens (tertiary/aromatic N) is 3. The SMILES string of the molecule is O=CN1CCN(S(=O)(=O)c2cccc(C(=O)N3CCOCC3)c2)CC1. The Kier molecular flexibility index (Phi) is 5.36. The van der Waals surface area contributed by atoms with Crippen LogP contribution in [0.2, 0.25) is 0 Å². The quantitative estimate of drug-likeness (QED) is 0.677. The molecule has 2 aliphatic rings. The fourth-order valence-corrected chi connectivity index (χ4v) is 4.41. The molecule has 25 heavy (non-hydrogen) atoms. The zero-order chi connectivity index (χ0) is 17.9. The molecular formula is C16H21N3O5S. The Labute approximate surface area is 147 Å². The van der Waals surface area contributed by atoms with E-state index < -0.39 is 10.0 Å². The largest absolute Gasteiger partial charge is 0.378 e. The molecule has 1 aromatic rings. The van der Waals surface area contributed by atoms with Gasteiger partial charge in [-0.1, -0.05) is 6.07 Å². The Hall–Kier alpha value is -1.97. The Morgan fingerprint density at radius 2 is 1.72 bits per heavy atom. The third-order valence-corrected chi connectivity index (χ3v) is 6.33. The Bertz CT molecular complexity index is 738. The van der Waals surface area contributed by atoms with Gasteiger partial charge in [0.1, 0.15) is 0 Å². The Morgan fingerprint density at radius 1 is 1.04 bits per heavy atom. The highest BCUT2D eigenvalue weighted by Crippen LogP contribution is 2.19. The summed E-state index contributed by atoms with van der Waals surface area (Å²) >= 11 is 0. The van der Waals surface area contributed by atoms with E-state index in [0.717, 1.165) is 6.41 Å². The molecule has 136 valence electrons. The Balaban J connectivity index is 1.78. The summed E-state index contributed by atoms with van der Waals surface area (Å²) in [5, 5.41) is 0. The number of carbonyl (C=O) groups excluding carboxylic acids is 2. The van der Waals surface area contributed by atoms with E-state index >= 15 is 0 Å². The predicted octanol–water partition coefficient (Wildman–Crippen LogP) is -0.378. The van der Waals surface area contributed by atoms with Crippen LogP contribution in [0.15, 0.2) is 29.2 Å². The first-order chi connectivity index (χ1) is 12.0. The van der Waals surface area contributed by atoms with E-state index in [-0.39, 0.29) is 23.9 Å². The smallest absolute Gasteiger partial charge is 0.254 e. The first-order valence-corrected chi connectivity index (χ1v) is 9.63. The molecule has 8 nitrogen and oxygen atoms in total. The lowest BCUT2D eigenvalue weighted by Gasteiger charge is -2.31. The van der Waals surface area contributed by atoms with E-state index in [9.17, 15) is 18.0 Å². The van der Waals surface area contributed by atoms with Crippen molar-refractivity contribution in [2.45, 2.75) is 4.90 Å². The number of ether oxygens (including phenoxy) is 1. The molecular weight excluding hydrogens is 346 g/mol. The topological polar surface area (TPSA) is 87.2 Å². The van der Waals surface area contributed by atoms with Crippen molar-refractivity contribution in [3.8, 4) is 0 Å². The summed E-state index contributed by atoms with van der Waals surface area (Å²) in [6.45, 7) is 3.23. The molecule has 0 radical (unpaired) electrons. The maximum Gasteiger partial charge on any atom is 0.254 e. The summed E-state index contributed by atoms with van der Waals surface area (Å²) in [5.74, 6) is -0.189. The molecule has 1 aromatic carbocycles. The second-order valence-corrected chi connectivity index (χ2v) is 7.92. The molecule has 0 N–H and O–H groups in total. The van der Waals surface area contributed by atoms with Crippen molar-refractivity contribution >= 4 is 22.3 Å². The van der Waals surface area contributed by atoms with Crippen LogP contribution in [-0.4, -0.2) is 87.3 Å². The minimum Gasteiger partial charge on any atom is -0.378 e. The van der Waals surface area contributed by atoms with E-state index in [2.05, 4.69) is 0 Å². The molecule has 0 unspecified atom stereocenters. The molecule has 2 heterocycles. The van der Waals surface area contributed by atoms with Gasteiger partial charge in [-0.3, -0.25) is 9.59 Å². The molecule has 3 rings (SSSR count). The first-order valence-electron chi connectivity index (χ1n) is 8.19. The zero-order valence-electron chi connectivity index (χ0n) is 13.8. The predicted molar refractivity (Wildman–Crippen MR) is 89.6 cm³/mol.